The summed E-state index contributed by atoms with van der Waals surface area (Å²) in [4.78, 5) is 13.1. The molecule has 3 atom stereocenters. The quantitative estimate of drug-likeness (QED) is 0.514. The Morgan fingerprint density at radius 2 is 1.84 bits per heavy atom. The van der Waals surface area contributed by atoms with E-state index in [0.29, 0.717) is 23.9 Å². The van der Waals surface area contributed by atoms with Gasteiger partial charge < -0.3 is 15.4 Å². The van der Waals surface area contributed by atoms with Crippen molar-refractivity contribution in [2.45, 2.75) is 24.8 Å². The van der Waals surface area contributed by atoms with E-state index in [2.05, 4.69) is 53.1 Å². The zero-order chi connectivity index (χ0) is 21.9. The lowest BCUT2D eigenvalue weighted by Gasteiger charge is -2.38. The fourth-order valence-corrected chi connectivity index (χ4v) is 5.01. The van der Waals surface area contributed by atoms with Crippen molar-refractivity contribution in [1.82, 2.24) is 5.32 Å². The van der Waals surface area contributed by atoms with Crippen LogP contribution in [-0.4, -0.2) is 19.6 Å². The maximum Gasteiger partial charge on any atom is 0.253 e. The highest BCUT2D eigenvalue weighted by Crippen LogP contribution is 2.50. The molecular weight excluding hydrogens is 396 g/mol. The Morgan fingerprint density at radius 1 is 1.03 bits per heavy atom. The molecule has 4 nitrogen and oxygen atoms in total. The van der Waals surface area contributed by atoms with Crippen LogP contribution in [0.5, 0.6) is 5.75 Å². The third-order valence-electron chi connectivity index (χ3n) is 6.66. The minimum Gasteiger partial charge on any atom is -0.497 e. The summed E-state index contributed by atoms with van der Waals surface area (Å²) in [6.45, 7) is 0.611. The van der Waals surface area contributed by atoms with Crippen molar-refractivity contribution in [3.05, 3.63) is 107 Å². The third kappa shape index (κ3) is 3.89. The van der Waals surface area contributed by atoms with Crippen LogP contribution in [0.2, 0.25) is 0 Å². The summed E-state index contributed by atoms with van der Waals surface area (Å²) in [7, 11) is 1.68. The minimum atomic E-state index is -0.0285. The number of carbonyl (C=O) groups is 1. The summed E-state index contributed by atoms with van der Waals surface area (Å²) in [6, 6.07) is 24.7. The maximum absolute atomic E-state index is 13.1. The highest BCUT2D eigenvalue weighted by Gasteiger charge is 2.39. The smallest absolute Gasteiger partial charge is 0.253 e. The predicted octanol–water partition coefficient (Wildman–Crippen LogP) is 5.49. The third-order valence-corrected chi connectivity index (χ3v) is 6.66. The summed E-state index contributed by atoms with van der Waals surface area (Å²) in [5.74, 6) is 1.58. The first-order valence-electron chi connectivity index (χ1n) is 11.3. The summed E-state index contributed by atoms with van der Waals surface area (Å²) < 4.78 is 5.33. The summed E-state index contributed by atoms with van der Waals surface area (Å²) in [5.41, 5.74) is 5.32. The van der Waals surface area contributed by atoms with E-state index in [0.717, 1.165) is 24.3 Å². The topological polar surface area (TPSA) is 50.4 Å². The van der Waals surface area contributed by atoms with Crippen molar-refractivity contribution in [2.75, 3.05) is 19.0 Å². The van der Waals surface area contributed by atoms with E-state index < -0.39 is 0 Å². The number of anilines is 1. The van der Waals surface area contributed by atoms with Gasteiger partial charge in [0, 0.05) is 12.5 Å². The second kappa shape index (κ2) is 8.91. The zero-order valence-corrected chi connectivity index (χ0v) is 18.3. The van der Waals surface area contributed by atoms with Gasteiger partial charge in [-0.3, -0.25) is 4.79 Å². The summed E-state index contributed by atoms with van der Waals surface area (Å²) >= 11 is 0. The number of benzene rings is 3. The molecule has 3 aromatic carbocycles. The van der Waals surface area contributed by atoms with Crippen LogP contribution in [0.15, 0.2) is 84.9 Å². The average molecular weight is 425 g/mol. The molecule has 162 valence electrons. The van der Waals surface area contributed by atoms with Crippen molar-refractivity contribution < 1.29 is 9.53 Å². The van der Waals surface area contributed by atoms with Crippen LogP contribution in [0.3, 0.4) is 0 Å². The van der Waals surface area contributed by atoms with Gasteiger partial charge in [0.2, 0.25) is 0 Å². The first kappa shape index (κ1) is 20.4. The summed E-state index contributed by atoms with van der Waals surface area (Å²) in [6.07, 6.45) is 6.42. The van der Waals surface area contributed by atoms with E-state index in [1.165, 1.54) is 16.7 Å². The molecule has 32 heavy (non-hydrogen) atoms. The van der Waals surface area contributed by atoms with Crippen molar-refractivity contribution in [2.24, 2.45) is 5.92 Å². The number of para-hydroxylation sites is 1. The van der Waals surface area contributed by atoms with E-state index in [1.54, 1.807) is 7.11 Å². The number of allylic oxidation sites excluding steroid dienone is 2. The van der Waals surface area contributed by atoms with Gasteiger partial charge in [-0.1, -0.05) is 66.7 Å². The Morgan fingerprint density at radius 3 is 2.62 bits per heavy atom. The molecule has 0 radical (unpaired) electrons. The van der Waals surface area contributed by atoms with Crippen molar-refractivity contribution in [3.63, 3.8) is 0 Å². The van der Waals surface area contributed by atoms with Gasteiger partial charge in [-0.15, -0.1) is 0 Å². The molecule has 2 N–H and O–H groups in total. The lowest BCUT2D eigenvalue weighted by atomic mass is 9.76. The van der Waals surface area contributed by atoms with Gasteiger partial charge in [0.1, 0.15) is 5.75 Å². The molecule has 0 saturated heterocycles. The van der Waals surface area contributed by atoms with Gasteiger partial charge in [0.25, 0.3) is 5.91 Å². The number of carbonyl (C=O) groups excluding carboxylic acids is 1. The second-order valence-electron chi connectivity index (χ2n) is 8.51. The van der Waals surface area contributed by atoms with E-state index in [-0.39, 0.29) is 11.9 Å². The fraction of sp³-hybridized carbons (Fsp3) is 0.250. The Hall–Kier alpha value is -3.53. The molecule has 3 aromatic rings. The van der Waals surface area contributed by atoms with Crippen LogP contribution in [-0.2, 0) is 6.42 Å². The van der Waals surface area contributed by atoms with E-state index in [9.17, 15) is 4.79 Å². The molecule has 0 fully saturated rings. The van der Waals surface area contributed by atoms with Crippen molar-refractivity contribution >= 4 is 11.6 Å². The average Bonchev–Trinajstić information content (AvgIpc) is 3.34. The number of nitrogens with one attached hydrogen (secondary N) is 2. The van der Waals surface area contributed by atoms with Crippen molar-refractivity contribution in [1.29, 1.82) is 0 Å². The number of hydrogen-bond acceptors (Lipinski definition) is 3. The highest BCUT2D eigenvalue weighted by molar-refractivity contribution is 6.00. The van der Waals surface area contributed by atoms with Crippen LogP contribution < -0.4 is 15.4 Å². The second-order valence-corrected chi connectivity index (χ2v) is 8.51. The molecule has 2 aliphatic rings. The molecule has 1 aliphatic carbocycles. The van der Waals surface area contributed by atoms with Crippen LogP contribution >= 0.6 is 0 Å². The van der Waals surface area contributed by atoms with E-state index in [4.69, 9.17) is 4.74 Å². The monoisotopic (exact) mass is 424 g/mol. The normalized spacial score (nSPS) is 20.7. The molecule has 4 heteroatoms. The van der Waals surface area contributed by atoms with Gasteiger partial charge in [-0.05, 0) is 53.6 Å². The first-order chi connectivity index (χ1) is 15.7. The molecule has 0 aromatic heterocycles. The SMILES string of the molecule is COc1ccc(C2Nc3c(C(=O)NCCc4ccccc4)cccc3C3C=CCC32)cc1. The molecule has 5 rings (SSSR count). The molecule has 1 amide bonds. The molecule has 0 spiro atoms. The number of methoxy groups -OCH3 is 1. The van der Waals surface area contributed by atoms with Gasteiger partial charge in [0.15, 0.2) is 0 Å². The predicted molar refractivity (Wildman–Crippen MR) is 128 cm³/mol. The van der Waals surface area contributed by atoms with Crippen molar-refractivity contribution in [3.8, 4) is 5.75 Å². The number of ether oxygens (including phenoxy) is 1. The molecule has 0 bridgehead atoms. The van der Waals surface area contributed by atoms with Crippen LogP contribution in [0.25, 0.3) is 0 Å². The molecule has 3 unspecified atom stereocenters. The van der Waals surface area contributed by atoms with Crippen LogP contribution in [0.4, 0.5) is 5.69 Å². The van der Waals surface area contributed by atoms with E-state index in [1.807, 2.05) is 42.5 Å². The Bertz CT molecular complexity index is 1120. The van der Waals surface area contributed by atoms with Crippen LogP contribution in [0.1, 0.15) is 45.4 Å². The van der Waals surface area contributed by atoms with Gasteiger partial charge >= 0.3 is 0 Å². The number of amides is 1. The highest BCUT2D eigenvalue weighted by atomic mass is 16.5. The van der Waals surface area contributed by atoms with Gasteiger partial charge in [-0.2, -0.15) is 0 Å². The van der Waals surface area contributed by atoms with Gasteiger partial charge in [-0.25, -0.2) is 0 Å². The Kier molecular flexibility index (Phi) is 5.68. The fourth-order valence-electron chi connectivity index (χ4n) is 5.01. The molecular formula is C28H28N2O2. The Balaban J connectivity index is 1.40. The maximum atomic E-state index is 13.1. The minimum absolute atomic E-state index is 0.0285. The number of hydrogen-bond donors (Lipinski definition) is 2. The van der Waals surface area contributed by atoms with Gasteiger partial charge in [0.05, 0.1) is 24.4 Å². The molecule has 1 aliphatic heterocycles. The number of fused-ring (bicyclic) bond motifs is 3. The lowest BCUT2D eigenvalue weighted by Crippen LogP contribution is -2.32. The number of rotatable bonds is 6. The standard InChI is InChI=1S/C28H28N2O2/c1-32-21-15-13-20(14-16-21)26-23-10-5-9-22(23)24-11-6-12-25(27(24)30-26)28(31)29-18-17-19-7-3-2-4-8-19/h2-9,11-16,22-23,26,30H,10,17-18H2,1H3,(H,29,31). The zero-order valence-electron chi connectivity index (χ0n) is 18.3. The largest absolute Gasteiger partial charge is 0.497 e. The lowest BCUT2D eigenvalue weighted by molar-refractivity contribution is 0.0954. The first-order valence-corrected chi connectivity index (χ1v) is 11.3. The van der Waals surface area contributed by atoms with Crippen LogP contribution in [0, 0.1) is 5.92 Å². The Labute approximate surface area is 189 Å². The molecule has 0 saturated carbocycles. The molecule has 1 heterocycles. The summed E-state index contributed by atoms with van der Waals surface area (Å²) in [5, 5.41) is 6.85. The van der Waals surface area contributed by atoms with E-state index >= 15 is 0 Å².